The van der Waals surface area contributed by atoms with Crippen molar-refractivity contribution in [2.24, 2.45) is 0 Å². The molecule has 0 aliphatic rings. The third-order valence-electron chi connectivity index (χ3n) is 4.14. The lowest BCUT2D eigenvalue weighted by molar-refractivity contribution is -0.121. The van der Waals surface area contributed by atoms with Gasteiger partial charge in [0.05, 0.1) is 45.4 Å². The summed E-state index contributed by atoms with van der Waals surface area (Å²) in [6.45, 7) is 1.93. The van der Waals surface area contributed by atoms with Gasteiger partial charge >= 0.3 is 0 Å². The maximum atomic E-state index is 12.5. The summed E-state index contributed by atoms with van der Waals surface area (Å²) in [5.74, 6) is 2.18. The van der Waals surface area contributed by atoms with E-state index in [2.05, 4.69) is 21.2 Å². The SMILES string of the molecule is COc1ccc(C(C)NC(=O)Cc2cc(OC)c(OC)c(OC)c2)cc1Br. The van der Waals surface area contributed by atoms with Gasteiger partial charge in [0.2, 0.25) is 11.7 Å². The van der Waals surface area contributed by atoms with Crippen LogP contribution >= 0.6 is 15.9 Å². The van der Waals surface area contributed by atoms with Gasteiger partial charge in [0.25, 0.3) is 0 Å². The van der Waals surface area contributed by atoms with E-state index in [0.29, 0.717) is 17.2 Å². The number of methoxy groups -OCH3 is 4. The molecule has 0 saturated heterocycles. The van der Waals surface area contributed by atoms with Gasteiger partial charge in [0.1, 0.15) is 5.75 Å². The van der Waals surface area contributed by atoms with Gasteiger partial charge in [-0.1, -0.05) is 6.07 Å². The van der Waals surface area contributed by atoms with E-state index in [0.717, 1.165) is 21.3 Å². The summed E-state index contributed by atoms with van der Waals surface area (Å²) in [4.78, 5) is 12.5. The highest BCUT2D eigenvalue weighted by atomic mass is 79.9. The molecule has 1 unspecified atom stereocenters. The lowest BCUT2D eigenvalue weighted by Crippen LogP contribution is -2.28. The van der Waals surface area contributed by atoms with Crippen molar-refractivity contribution in [3.8, 4) is 23.0 Å². The standard InChI is InChI=1S/C20H24BrNO5/c1-12(14-6-7-16(24-2)15(21)11-14)22-19(23)10-13-8-17(25-3)20(27-5)18(9-13)26-4/h6-9,11-12H,10H2,1-5H3,(H,22,23). The van der Waals surface area contributed by atoms with Gasteiger partial charge in [-0.15, -0.1) is 0 Å². The molecule has 0 radical (unpaired) electrons. The van der Waals surface area contributed by atoms with E-state index in [9.17, 15) is 4.79 Å². The van der Waals surface area contributed by atoms with Gasteiger partial charge < -0.3 is 24.3 Å². The van der Waals surface area contributed by atoms with Crippen LogP contribution in [0.15, 0.2) is 34.8 Å². The van der Waals surface area contributed by atoms with Crippen molar-refractivity contribution in [2.75, 3.05) is 28.4 Å². The summed E-state index contributed by atoms with van der Waals surface area (Å²) in [5.41, 5.74) is 1.74. The molecular weight excluding hydrogens is 414 g/mol. The van der Waals surface area contributed by atoms with Crippen molar-refractivity contribution in [2.45, 2.75) is 19.4 Å². The Kier molecular flexibility index (Phi) is 7.36. The second-order valence-corrected chi connectivity index (χ2v) is 6.75. The number of nitrogens with one attached hydrogen (secondary N) is 1. The number of rotatable bonds is 8. The van der Waals surface area contributed by atoms with E-state index < -0.39 is 0 Å². The molecule has 0 saturated carbocycles. The van der Waals surface area contributed by atoms with Crippen molar-refractivity contribution in [3.63, 3.8) is 0 Å². The first-order valence-corrected chi connectivity index (χ1v) is 9.14. The van der Waals surface area contributed by atoms with E-state index in [-0.39, 0.29) is 18.4 Å². The molecule has 2 aromatic rings. The van der Waals surface area contributed by atoms with Crippen LogP contribution in [0.2, 0.25) is 0 Å². The third-order valence-corrected chi connectivity index (χ3v) is 4.76. The maximum absolute atomic E-state index is 12.5. The first-order chi connectivity index (χ1) is 12.9. The lowest BCUT2D eigenvalue weighted by Gasteiger charge is -2.17. The Morgan fingerprint density at radius 2 is 1.56 bits per heavy atom. The van der Waals surface area contributed by atoms with Crippen molar-refractivity contribution < 1.29 is 23.7 Å². The molecule has 0 bridgehead atoms. The molecule has 6 nitrogen and oxygen atoms in total. The minimum atomic E-state index is -0.151. The second-order valence-electron chi connectivity index (χ2n) is 5.89. The first kappa shape index (κ1) is 20.9. The molecule has 1 amide bonds. The van der Waals surface area contributed by atoms with Crippen molar-refractivity contribution in [3.05, 3.63) is 45.9 Å². The molecule has 1 atom stereocenters. The molecule has 146 valence electrons. The summed E-state index contributed by atoms with van der Waals surface area (Å²) in [6.07, 6.45) is 0.193. The van der Waals surface area contributed by atoms with Crippen LogP contribution in [0.4, 0.5) is 0 Å². The molecular formula is C20H24BrNO5. The fourth-order valence-corrected chi connectivity index (χ4v) is 3.31. The van der Waals surface area contributed by atoms with E-state index in [1.165, 1.54) is 0 Å². The van der Waals surface area contributed by atoms with Gasteiger partial charge in [-0.05, 0) is 58.2 Å². The number of carbonyl (C=O) groups is 1. The topological polar surface area (TPSA) is 66.0 Å². The monoisotopic (exact) mass is 437 g/mol. The molecule has 0 aromatic heterocycles. The molecule has 1 N–H and O–H groups in total. The highest BCUT2D eigenvalue weighted by Crippen LogP contribution is 2.38. The second kappa shape index (κ2) is 9.50. The summed E-state index contributed by atoms with van der Waals surface area (Å²) >= 11 is 3.46. The minimum absolute atomic E-state index is 0.108. The van der Waals surface area contributed by atoms with Crippen molar-refractivity contribution in [1.29, 1.82) is 0 Å². The Morgan fingerprint density at radius 3 is 2.04 bits per heavy atom. The van der Waals surface area contributed by atoms with E-state index in [4.69, 9.17) is 18.9 Å². The zero-order valence-corrected chi connectivity index (χ0v) is 17.7. The van der Waals surface area contributed by atoms with Crippen LogP contribution in [0, 0.1) is 0 Å². The number of halogens is 1. The molecule has 2 rings (SSSR count). The Morgan fingerprint density at radius 1 is 0.963 bits per heavy atom. The molecule has 0 heterocycles. The molecule has 0 aliphatic heterocycles. The van der Waals surface area contributed by atoms with Gasteiger partial charge in [0.15, 0.2) is 11.5 Å². The Labute approximate surface area is 167 Å². The predicted molar refractivity (Wildman–Crippen MR) is 107 cm³/mol. The predicted octanol–water partition coefficient (Wildman–Crippen LogP) is 3.90. The normalized spacial score (nSPS) is 11.5. The fraction of sp³-hybridized carbons (Fsp3) is 0.350. The van der Waals surface area contributed by atoms with Gasteiger partial charge in [-0.3, -0.25) is 4.79 Å². The summed E-state index contributed by atoms with van der Waals surface area (Å²) < 4.78 is 22.0. The third kappa shape index (κ3) is 5.07. The number of hydrogen-bond donors (Lipinski definition) is 1. The largest absolute Gasteiger partial charge is 0.496 e. The van der Waals surface area contributed by atoms with Gasteiger partial charge in [-0.2, -0.15) is 0 Å². The van der Waals surface area contributed by atoms with Crippen LogP contribution in [0.1, 0.15) is 24.1 Å². The zero-order valence-electron chi connectivity index (χ0n) is 16.1. The zero-order chi connectivity index (χ0) is 20.0. The molecule has 27 heavy (non-hydrogen) atoms. The van der Waals surface area contributed by atoms with Crippen LogP contribution in [-0.2, 0) is 11.2 Å². The van der Waals surface area contributed by atoms with E-state index in [1.807, 2.05) is 25.1 Å². The fourth-order valence-electron chi connectivity index (χ4n) is 2.75. The van der Waals surface area contributed by atoms with E-state index in [1.54, 1.807) is 40.6 Å². The van der Waals surface area contributed by atoms with E-state index >= 15 is 0 Å². The summed E-state index contributed by atoms with van der Waals surface area (Å²) in [7, 11) is 6.25. The molecule has 0 spiro atoms. The Hall–Kier alpha value is -2.41. The Bertz CT molecular complexity index is 784. The highest BCUT2D eigenvalue weighted by Gasteiger charge is 2.16. The molecule has 0 fully saturated rings. The average Bonchev–Trinajstić information content (AvgIpc) is 2.66. The molecule has 0 aliphatic carbocycles. The van der Waals surface area contributed by atoms with Crippen LogP contribution in [0.25, 0.3) is 0 Å². The van der Waals surface area contributed by atoms with Crippen LogP contribution in [0.3, 0.4) is 0 Å². The molecule has 7 heteroatoms. The van der Waals surface area contributed by atoms with Gasteiger partial charge in [0, 0.05) is 0 Å². The van der Waals surface area contributed by atoms with Crippen LogP contribution in [0.5, 0.6) is 23.0 Å². The number of hydrogen-bond acceptors (Lipinski definition) is 5. The number of carbonyl (C=O) groups excluding carboxylic acids is 1. The quantitative estimate of drug-likeness (QED) is 0.677. The Balaban J connectivity index is 2.12. The van der Waals surface area contributed by atoms with Crippen LogP contribution < -0.4 is 24.3 Å². The number of amides is 1. The number of benzene rings is 2. The van der Waals surface area contributed by atoms with Gasteiger partial charge in [-0.25, -0.2) is 0 Å². The minimum Gasteiger partial charge on any atom is -0.496 e. The smallest absolute Gasteiger partial charge is 0.224 e. The summed E-state index contributed by atoms with van der Waals surface area (Å²) in [5, 5.41) is 3.00. The first-order valence-electron chi connectivity index (χ1n) is 8.35. The number of ether oxygens (including phenoxy) is 4. The summed E-state index contributed by atoms with van der Waals surface area (Å²) in [6, 6.07) is 9.12. The maximum Gasteiger partial charge on any atom is 0.224 e. The lowest BCUT2D eigenvalue weighted by atomic mass is 10.1. The average molecular weight is 438 g/mol. The van der Waals surface area contributed by atoms with Crippen molar-refractivity contribution in [1.82, 2.24) is 5.32 Å². The van der Waals surface area contributed by atoms with Crippen LogP contribution in [-0.4, -0.2) is 34.3 Å². The highest BCUT2D eigenvalue weighted by molar-refractivity contribution is 9.10. The molecule has 2 aromatic carbocycles. The van der Waals surface area contributed by atoms with Crippen molar-refractivity contribution >= 4 is 21.8 Å².